The smallest absolute Gasteiger partial charge is 0.350 e. The summed E-state index contributed by atoms with van der Waals surface area (Å²) in [6, 6.07) is 7.06. The molecular weight excluding hydrogens is 314 g/mol. The molecule has 0 radical (unpaired) electrons. The Balaban J connectivity index is 1.99. The second-order valence-electron chi connectivity index (χ2n) is 5.79. The summed E-state index contributed by atoms with van der Waals surface area (Å²) in [5.74, 6) is -2.01. The molecule has 1 aliphatic heterocycles. The number of hydrogen-bond acceptors (Lipinski definition) is 7. The minimum atomic E-state index is -1.25. The Bertz CT molecular complexity index is 613. The summed E-state index contributed by atoms with van der Waals surface area (Å²) in [5.41, 5.74) is 0.489. The molecule has 1 saturated heterocycles. The molecule has 0 saturated carbocycles. The van der Waals surface area contributed by atoms with Crippen LogP contribution in [0.3, 0.4) is 0 Å². The molecule has 1 heterocycles. The molecule has 7 heteroatoms. The van der Waals surface area contributed by atoms with Gasteiger partial charge >= 0.3 is 11.9 Å². The number of hydrogen-bond donors (Lipinski definition) is 1. The molecule has 0 bridgehead atoms. The van der Waals surface area contributed by atoms with E-state index >= 15 is 0 Å². The average molecular weight is 335 g/mol. The number of benzene rings is 1. The third-order valence-corrected chi connectivity index (χ3v) is 3.09. The maximum absolute atomic E-state index is 11.8. The molecule has 1 fully saturated rings. The van der Waals surface area contributed by atoms with Crippen LogP contribution in [0.1, 0.15) is 20.8 Å². The first-order valence-corrected chi connectivity index (χ1v) is 7.50. The molecule has 0 spiro atoms. The number of cyclic esters (lactones) is 2. The van der Waals surface area contributed by atoms with E-state index in [0.717, 1.165) is 0 Å². The van der Waals surface area contributed by atoms with Crippen molar-refractivity contribution < 1.29 is 28.5 Å². The number of methoxy groups -OCH3 is 1. The lowest BCUT2D eigenvalue weighted by molar-refractivity contribution is -0.222. The lowest BCUT2D eigenvalue weighted by Gasteiger charge is -2.29. The Morgan fingerprint density at radius 1 is 1.17 bits per heavy atom. The van der Waals surface area contributed by atoms with Gasteiger partial charge in [-0.15, -0.1) is 0 Å². The monoisotopic (exact) mass is 335 g/mol. The van der Waals surface area contributed by atoms with E-state index in [2.05, 4.69) is 5.32 Å². The predicted molar refractivity (Wildman–Crippen MR) is 86.4 cm³/mol. The first-order chi connectivity index (χ1) is 11.3. The van der Waals surface area contributed by atoms with Gasteiger partial charge in [0.25, 0.3) is 5.79 Å². The topological polar surface area (TPSA) is 83.1 Å². The van der Waals surface area contributed by atoms with Crippen LogP contribution < -0.4 is 10.1 Å². The lowest BCUT2D eigenvalue weighted by Crippen LogP contribution is -2.42. The number of esters is 2. The molecule has 24 heavy (non-hydrogen) atoms. The first kappa shape index (κ1) is 17.8. The highest BCUT2D eigenvalue weighted by Gasteiger charge is 2.38. The Morgan fingerprint density at radius 2 is 1.75 bits per heavy atom. The Hall–Kier alpha value is -2.54. The van der Waals surface area contributed by atoms with Gasteiger partial charge in [0, 0.05) is 32.8 Å². The largest absolute Gasteiger partial charge is 0.488 e. The predicted octanol–water partition coefficient (Wildman–Crippen LogP) is 2.23. The zero-order chi connectivity index (χ0) is 17.7. The molecule has 1 aromatic rings. The fraction of sp³-hybridized carbons (Fsp3) is 0.412. The molecule has 1 atom stereocenters. The summed E-state index contributed by atoms with van der Waals surface area (Å²) in [6.07, 6.45) is 1.20. The molecule has 0 aliphatic carbocycles. The van der Waals surface area contributed by atoms with Gasteiger partial charge in [-0.1, -0.05) is 0 Å². The third kappa shape index (κ3) is 4.73. The van der Waals surface area contributed by atoms with E-state index < -0.39 is 17.7 Å². The summed E-state index contributed by atoms with van der Waals surface area (Å²) in [7, 11) is 1.61. The fourth-order valence-corrected chi connectivity index (χ4v) is 2.06. The van der Waals surface area contributed by atoms with Crippen molar-refractivity contribution in [3.8, 4) is 5.75 Å². The molecule has 0 aromatic heterocycles. The zero-order valence-electron chi connectivity index (χ0n) is 14.1. The van der Waals surface area contributed by atoms with Crippen molar-refractivity contribution in [1.82, 2.24) is 0 Å². The number of carbonyl (C=O) groups is 2. The van der Waals surface area contributed by atoms with E-state index in [1.54, 1.807) is 31.4 Å². The van der Waals surface area contributed by atoms with Crippen LogP contribution in [0.15, 0.2) is 36.0 Å². The number of carbonyl (C=O) groups excluding carboxylic acids is 2. The molecule has 1 aromatic carbocycles. The van der Waals surface area contributed by atoms with Crippen LogP contribution in [0.25, 0.3) is 0 Å². The lowest BCUT2D eigenvalue weighted by atomic mass is 10.2. The van der Waals surface area contributed by atoms with Gasteiger partial charge in [-0.2, -0.15) is 0 Å². The van der Waals surface area contributed by atoms with Gasteiger partial charge in [-0.05, 0) is 31.2 Å². The highest BCUT2D eigenvalue weighted by molar-refractivity contribution is 6.15. The SMILES string of the molecule is COCC(C)Oc1ccc(NC=C2C(=O)OC(C)(C)OC2=O)cc1. The van der Waals surface area contributed by atoms with Gasteiger partial charge in [-0.3, -0.25) is 0 Å². The van der Waals surface area contributed by atoms with E-state index in [0.29, 0.717) is 18.0 Å². The minimum Gasteiger partial charge on any atom is -0.488 e. The Kier molecular flexibility index (Phi) is 5.46. The first-order valence-electron chi connectivity index (χ1n) is 7.50. The van der Waals surface area contributed by atoms with E-state index in [1.807, 2.05) is 6.92 Å². The van der Waals surface area contributed by atoms with Crippen LogP contribution in [0.5, 0.6) is 5.75 Å². The zero-order valence-corrected chi connectivity index (χ0v) is 14.1. The summed E-state index contributed by atoms with van der Waals surface area (Å²) in [6.45, 7) is 5.39. The summed E-state index contributed by atoms with van der Waals surface area (Å²) in [5, 5.41) is 2.86. The number of ether oxygens (including phenoxy) is 4. The van der Waals surface area contributed by atoms with E-state index in [-0.39, 0.29) is 11.7 Å². The Morgan fingerprint density at radius 3 is 2.29 bits per heavy atom. The molecule has 2 rings (SSSR count). The highest BCUT2D eigenvalue weighted by Crippen LogP contribution is 2.23. The maximum Gasteiger partial charge on any atom is 0.350 e. The van der Waals surface area contributed by atoms with Gasteiger partial charge in [0.2, 0.25) is 0 Å². The highest BCUT2D eigenvalue weighted by atomic mass is 16.7. The second-order valence-corrected chi connectivity index (χ2v) is 5.79. The van der Waals surface area contributed by atoms with Crippen molar-refractivity contribution in [3.63, 3.8) is 0 Å². The van der Waals surface area contributed by atoms with E-state index in [1.165, 1.54) is 20.0 Å². The molecule has 0 amide bonds. The van der Waals surface area contributed by atoms with Crippen LogP contribution >= 0.6 is 0 Å². The fourth-order valence-electron chi connectivity index (χ4n) is 2.06. The Labute approximate surface area is 140 Å². The van der Waals surface area contributed by atoms with E-state index in [9.17, 15) is 9.59 Å². The average Bonchev–Trinajstić information content (AvgIpc) is 2.47. The minimum absolute atomic E-state index is 0.0638. The van der Waals surface area contributed by atoms with Gasteiger partial charge < -0.3 is 24.3 Å². The van der Waals surface area contributed by atoms with Crippen LogP contribution in [0.2, 0.25) is 0 Å². The second kappa shape index (κ2) is 7.35. The quantitative estimate of drug-likeness (QED) is 0.485. The van der Waals surface area contributed by atoms with Crippen LogP contribution in [-0.4, -0.2) is 37.5 Å². The molecule has 1 aliphatic rings. The van der Waals surface area contributed by atoms with Crippen molar-refractivity contribution in [1.29, 1.82) is 0 Å². The molecule has 130 valence electrons. The summed E-state index contributed by atoms with van der Waals surface area (Å²) >= 11 is 0. The van der Waals surface area contributed by atoms with Gasteiger partial charge in [0.15, 0.2) is 5.57 Å². The normalized spacial score (nSPS) is 17.6. The van der Waals surface area contributed by atoms with E-state index in [4.69, 9.17) is 18.9 Å². The van der Waals surface area contributed by atoms with Crippen molar-refractivity contribution in [3.05, 3.63) is 36.0 Å². The van der Waals surface area contributed by atoms with Gasteiger partial charge in [-0.25, -0.2) is 9.59 Å². The third-order valence-electron chi connectivity index (χ3n) is 3.09. The molecule has 1 N–H and O–H groups in total. The summed E-state index contributed by atoms with van der Waals surface area (Å²) < 4.78 is 20.7. The molecule has 7 nitrogen and oxygen atoms in total. The number of rotatable bonds is 6. The van der Waals surface area contributed by atoms with Crippen molar-refractivity contribution in [2.24, 2.45) is 0 Å². The van der Waals surface area contributed by atoms with Crippen molar-refractivity contribution >= 4 is 17.6 Å². The van der Waals surface area contributed by atoms with Gasteiger partial charge in [0.05, 0.1) is 6.61 Å². The molecular formula is C17H21NO6. The van der Waals surface area contributed by atoms with Gasteiger partial charge in [0.1, 0.15) is 11.9 Å². The summed E-state index contributed by atoms with van der Waals surface area (Å²) in [4.78, 5) is 23.6. The number of nitrogens with one attached hydrogen (secondary N) is 1. The standard InChI is InChI=1S/C17H21NO6/c1-11(10-21-4)22-13-7-5-12(6-8-13)18-9-14-15(19)23-17(2,3)24-16(14)20/h5-9,11,18H,10H2,1-4H3. The number of anilines is 1. The maximum atomic E-state index is 11.8. The van der Waals surface area contributed by atoms with Crippen molar-refractivity contribution in [2.45, 2.75) is 32.7 Å². The molecule has 1 unspecified atom stereocenters. The van der Waals surface area contributed by atoms with Crippen LogP contribution in [0.4, 0.5) is 5.69 Å². The van der Waals surface area contributed by atoms with Crippen LogP contribution in [0, 0.1) is 0 Å². The van der Waals surface area contributed by atoms with Crippen molar-refractivity contribution in [2.75, 3.05) is 19.0 Å². The van der Waals surface area contributed by atoms with Crippen LogP contribution in [-0.2, 0) is 23.8 Å².